The van der Waals surface area contributed by atoms with Gasteiger partial charge in [0.25, 0.3) is 0 Å². The summed E-state index contributed by atoms with van der Waals surface area (Å²) in [5, 5.41) is 4.05. The van der Waals surface area contributed by atoms with Crippen LogP contribution in [0.25, 0.3) is 0 Å². The molecule has 1 aromatic heterocycles. The van der Waals surface area contributed by atoms with Crippen molar-refractivity contribution in [1.82, 2.24) is 10.3 Å². The maximum absolute atomic E-state index is 6.12. The fourth-order valence-electron chi connectivity index (χ4n) is 1.50. The molecule has 3 nitrogen and oxygen atoms in total. The molecule has 0 unspecified atom stereocenters. The molecule has 0 spiro atoms. The molecule has 0 saturated heterocycles. The van der Waals surface area contributed by atoms with Crippen molar-refractivity contribution < 1.29 is 0 Å². The van der Waals surface area contributed by atoms with Crippen LogP contribution in [0.4, 0.5) is 5.82 Å². The molecule has 0 fully saturated rings. The number of nitrogens with one attached hydrogen (secondary N) is 1. The molecule has 94 valence electrons. The van der Waals surface area contributed by atoms with Crippen LogP contribution in [-0.4, -0.2) is 25.1 Å². The Morgan fingerprint density at radius 2 is 2.35 bits per heavy atom. The summed E-state index contributed by atoms with van der Waals surface area (Å²) < 4.78 is 0. The van der Waals surface area contributed by atoms with Gasteiger partial charge >= 0.3 is 0 Å². The fourth-order valence-corrected chi connectivity index (χ4v) is 1.67. The van der Waals surface area contributed by atoms with E-state index in [-0.39, 0.29) is 0 Å². The van der Waals surface area contributed by atoms with Crippen LogP contribution in [0.3, 0.4) is 0 Å². The van der Waals surface area contributed by atoms with Crippen LogP contribution in [0.5, 0.6) is 0 Å². The number of hydrogen-bond acceptors (Lipinski definition) is 3. The minimum atomic E-state index is 0.712. The van der Waals surface area contributed by atoms with E-state index in [1.807, 2.05) is 24.1 Å². The van der Waals surface area contributed by atoms with Crippen LogP contribution < -0.4 is 10.2 Å². The predicted octanol–water partition coefficient (Wildman–Crippen LogP) is 2.86. The summed E-state index contributed by atoms with van der Waals surface area (Å²) >= 11 is 6.12. The smallest absolute Gasteiger partial charge is 0.128 e. The first-order valence-electron chi connectivity index (χ1n) is 5.86. The minimum Gasteiger partial charge on any atom is -0.356 e. The molecule has 1 aromatic rings. The Morgan fingerprint density at radius 3 is 3.00 bits per heavy atom. The third-order valence-electron chi connectivity index (χ3n) is 2.46. The lowest BCUT2D eigenvalue weighted by molar-refractivity contribution is 0.675. The van der Waals surface area contributed by atoms with Crippen LogP contribution >= 0.6 is 11.6 Å². The van der Waals surface area contributed by atoms with Crippen molar-refractivity contribution in [3.63, 3.8) is 0 Å². The second kappa shape index (κ2) is 7.30. The molecule has 1 N–H and O–H groups in total. The van der Waals surface area contributed by atoms with E-state index in [4.69, 9.17) is 11.6 Å². The summed E-state index contributed by atoms with van der Waals surface area (Å²) in [7, 11) is 1.99. The third-order valence-corrected chi connectivity index (χ3v) is 2.80. The second-order valence-corrected chi connectivity index (χ2v) is 4.39. The molecular formula is C13H20ClN3. The fraction of sp³-hybridized carbons (Fsp3) is 0.462. The third kappa shape index (κ3) is 4.36. The van der Waals surface area contributed by atoms with Crippen molar-refractivity contribution >= 4 is 17.4 Å². The molecule has 0 aromatic carbocycles. The van der Waals surface area contributed by atoms with Gasteiger partial charge in [0, 0.05) is 26.3 Å². The lowest BCUT2D eigenvalue weighted by Gasteiger charge is -2.17. The Labute approximate surface area is 108 Å². The summed E-state index contributed by atoms with van der Waals surface area (Å²) in [5.74, 6) is 0.919. The van der Waals surface area contributed by atoms with Crippen molar-refractivity contribution in [1.29, 1.82) is 0 Å². The summed E-state index contributed by atoms with van der Waals surface area (Å²) in [6.07, 6.45) is 4.68. The molecule has 0 radical (unpaired) electrons. The Bertz CT molecular complexity index is 366. The second-order valence-electron chi connectivity index (χ2n) is 3.98. The van der Waals surface area contributed by atoms with Gasteiger partial charge in [0.2, 0.25) is 0 Å². The molecule has 1 heterocycles. The van der Waals surface area contributed by atoms with Gasteiger partial charge in [-0.3, -0.25) is 0 Å². The standard InChI is InChI=1S/C13H20ClN3/c1-4-6-15-9-11-8-13(16-10-12(11)14)17(3)7-5-2/h5,8,10,15H,2,4,6-7,9H2,1,3H3. The summed E-state index contributed by atoms with van der Waals surface area (Å²) in [5.41, 5.74) is 1.08. The number of likely N-dealkylation sites (N-methyl/N-ethyl adjacent to an activating group) is 1. The highest BCUT2D eigenvalue weighted by atomic mass is 35.5. The van der Waals surface area contributed by atoms with Crippen LogP contribution in [0.15, 0.2) is 24.9 Å². The average molecular weight is 254 g/mol. The average Bonchev–Trinajstić information content (AvgIpc) is 2.32. The van der Waals surface area contributed by atoms with E-state index in [9.17, 15) is 0 Å². The molecule has 0 bridgehead atoms. The van der Waals surface area contributed by atoms with Gasteiger partial charge in [0.05, 0.1) is 5.02 Å². The SMILES string of the molecule is C=CCN(C)c1cc(CNCCC)c(Cl)cn1. The highest BCUT2D eigenvalue weighted by Crippen LogP contribution is 2.19. The predicted molar refractivity (Wildman–Crippen MR) is 74.7 cm³/mol. The molecule has 0 amide bonds. The molecule has 17 heavy (non-hydrogen) atoms. The van der Waals surface area contributed by atoms with Gasteiger partial charge in [-0.15, -0.1) is 6.58 Å². The first-order chi connectivity index (χ1) is 8.19. The quantitative estimate of drug-likeness (QED) is 0.598. The molecule has 0 aliphatic heterocycles. The number of rotatable bonds is 7. The number of pyridine rings is 1. The van der Waals surface area contributed by atoms with Gasteiger partial charge in [0.15, 0.2) is 0 Å². The van der Waals surface area contributed by atoms with Gasteiger partial charge in [-0.1, -0.05) is 24.6 Å². The lowest BCUT2D eigenvalue weighted by Crippen LogP contribution is -2.19. The molecule has 0 aliphatic carbocycles. The van der Waals surface area contributed by atoms with Crippen LogP contribution in [0.1, 0.15) is 18.9 Å². The van der Waals surface area contributed by atoms with E-state index in [0.717, 1.165) is 37.4 Å². The van der Waals surface area contributed by atoms with Gasteiger partial charge < -0.3 is 10.2 Å². The van der Waals surface area contributed by atoms with Crippen molar-refractivity contribution in [2.45, 2.75) is 19.9 Å². The van der Waals surface area contributed by atoms with Gasteiger partial charge in [-0.25, -0.2) is 4.98 Å². The van der Waals surface area contributed by atoms with E-state index in [1.165, 1.54) is 0 Å². The molecule has 0 saturated carbocycles. The number of anilines is 1. The van der Waals surface area contributed by atoms with E-state index in [1.54, 1.807) is 6.20 Å². The van der Waals surface area contributed by atoms with Gasteiger partial charge in [-0.2, -0.15) is 0 Å². The van der Waals surface area contributed by atoms with E-state index in [2.05, 4.69) is 23.8 Å². The van der Waals surface area contributed by atoms with Crippen molar-refractivity contribution in [2.75, 3.05) is 25.0 Å². The summed E-state index contributed by atoms with van der Waals surface area (Å²) in [4.78, 5) is 6.34. The van der Waals surface area contributed by atoms with E-state index >= 15 is 0 Å². The van der Waals surface area contributed by atoms with Gasteiger partial charge in [0.1, 0.15) is 5.82 Å². The molecule has 4 heteroatoms. The highest BCUT2D eigenvalue weighted by molar-refractivity contribution is 6.31. The number of hydrogen-bond donors (Lipinski definition) is 1. The molecular weight excluding hydrogens is 234 g/mol. The minimum absolute atomic E-state index is 0.712. The lowest BCUT2D eigenvalue weighted by atomic mass is 10.2. The van der Waals surface area contributed by atoms with Crippen molar-refractivity contribution in [2.24, 2.45) is 0 Å². The molecule has 0 atom stereocenters. The van der Waals surface area contributed by atoms with Crippen molar-refractivity contribution in [3.8, 4) is 0 Å². The Kier molecular flexibility index (Phi) is 6.01. The normalized spacial score (nSPS) is 10.3. The zero-order chi connectivity index (χ0) is 12.7. The van der Waals surface area contributed by atoms with Crippen LogP contribution in [0, 0.1) is 0 Å². The van der Waals surface area contributed by atoms with Crippen LogP contribution in [-0.2, 0) is 6.54 Å². The Morgan fingerprint density at radius 1 is 1.59 bits per heavy atom. The number of nitrogens with zero attached hydrogens (tertiary/aromatic N) is 2. The van der Waals surface area contributed by atoms with Crippen LogP contribution in [0.2, 0.25) is 5.02 Å². The summed E-state index contributed by atoms with van der Waals surface area (Å²) in [6.45, 7) is 8.41. The first-order valence-corrected chi connectivity index (χ1v) is 6.24. The number of aromatic nitrogens is 1. The summed E-state index contributed by atoms with van der Waals surface area (Å²) in [6, 6.07) is 2.02. The largest absolute Gasteiger partial charge is 0.356 e. The topological polar surface area (TPSA) is 28.2 Å². The van der Waals surface area contributed by atoms with E-state index < -0.39 is 0 Å². The maximum atomic E-state index is 6.12. The maximum Gasteiger partial charge on any atom is 0.128 e. The highest BCUT2D eigenvalue weighted by Gasteiger charge is 2.05. The monoisotopic (exact) mass is 253 g/mol. The van der Waals surface area contributed by atoms with E-state index in [0.29, 0.717) is 5.02 Å². The molecule has 0 aliphatic rings. The van der Waals surface area contributed by atoms with Crippen molar-refractivity contribution in [3.05, 3.63) is 35.5 Å². The zero-order valence-electron chi connectivity index (χ0n) is 10.5. The Balaban J connectivity index is 2.75. The first kappa shape index (κ1) is 14.0. The molecule has 1 rings (SSSR count). The van der Waals surface area contributed by atoms with Gasteiger partial charge in [-0.05, 0) is 24.6 Å². The zero-order valence-corrected chi connectivity index (χ0v) is 11.3. The number of halogens is 1. The Hall–Kier alpha value is -1.06.